The maximum Gasteiger partial charge on any atom is 0.316 e. The lowest BCUT2D eigenvalue weighted by atomic mass is 10.1. The van der Waals surface area contributed by atoms with Crippen molar-refractivity contribution in [2.45, 2.75) is 18.6 Å². The Morgan fingerprint density at radius 3 is 1.65 bits per heavy atom. The van der Waals surface area contributed by atoms with E-state index in [9.17, 15) is 4.79 Å². The molecule has 0 saturated carbocycles. The monoisotopic (exact) mass is 248 g/mol. The highest BCUT2D eigenvalue weighted by Gasteiger charge is 2.06. The Morgan fingerprint density at radius 1 is 1.12 bits per heavy atom. The van der Waals surface area contributed by atoms with Gasteiger partial charge in [0.1, 0.15) is 0 Å². The third-order valence-corrected chi connectivity index (χ3v) is 2.92. The van der Waals surface area contributed by atoms with E-state index in [1.165, 1.54) is 10.8 Å². The summed E-state index contributed by atoms with van der Waals surface area (Å²) in [6, 6.07) is 16.7. The van der Waals surface area contributed by atoms with Crippen LogP contribution in [0, 0.1) is 0 Å². The number of fused-ring (bicyclic) bond motifs is 1. The molecule has 2 rings (SSSR count). The second kappa shape index (κ2) is 6.97. The number of hydrogen-bond donors (Lipinski definition) is 2. The number of thiol groups is 1. The molecule has 0 aliphatic heterocycles. The van der Waals surface area contributed by atoms with Crippen molar-refractivity contribution in [1.82, 2.24) is 0 Å². The molecule has 0 saturated heterocycles. The summed E-state index contributed by atoms with van der Waals surface area (Å²) >= 11 is 3.73. The third-order valence-electron chi connectivity index (χ3n) is 2.33. The summed E-state index contributed by atoms with van der Waals surface area (Å²) in [5, 5.41) is 10.2. The fraction of sp³-hybridized carbons (Fsp3) is 0.214. The van der Waals surface area contributed by atoms with Gasteiger partial charge >= 0.3 is 5.97 Å². The van der Waals surface area contributed by atoms with E-state index in [1.54, 1.807) is 6.92 Å². The van der Waals surface area contributed by atoms with Crippen LogP contribution in [0.4, 0.5) is 0 Å². The molecule has 1 unspecified atom stereocenters. The molecule has 2 aromatic carbocycles. The highest BCUT2D eigenvalue weighted by Crippen LogP contribution is 2.11. The summed E-state index contributed by atoms with van der Waals surface area (Å²) in [6.45, 7) is 1.78. The number of carboxylic acids is 1. The molecule has 0 fully saturated rings. The average molecular weight is 248 g/mol. The van der Waals surface area contributed by atoms with Crippen molar-refractivity contribution < 1.29 is 9.90 Å². The molecule has 0 heterocycles. The van der Waals surface area contributed by atoms with E-state index in [2.05, 4.69) is 61.2 Å². The van der Waals surface area contributed by atoms with Crippen molar-refractivity contribution in [1.29, 1.82) is 0 Å². The molecule has 0 radical (unpaired) electrons. The number of hydrogen-bond acceptors (Lipinski definition) is 2. The fourth-order valence-electron chi connectivity index (χ4n) is 1.31. The van der Waals surface area contributed by atoms with Crippen LogP contribution >= 0.6 is 12.6 Å². The Morgan fingerprint density at radius 2 is 1.47 bits per heavy atom. The highest BCUT2D eigenvalue weighted by molar-refractivity contribution is 7.81. The number of aliphatic carboxylic acids is 1. The second-order valence-corrected chi connectivity index (χ2v) is 4.23. The topological polar surface area (TPSA) is 37.3 Å². The molecule has 2 aromatic rings. The molecule has 0 aliphatic carbocycles. The Hall–Kier alpha value is -1.48. The van der Waals surface area contributed by atoms with E-state index in [0.29, 0.717) is 6.42 Å². The lowest BCUT2D eigenvalue weighted by molar-refractivity contribution is -0.136. The normalized spacial score (nSPS) is 11.4. The molecule has 0 aromatic heterocycles. The van der Waals surface area contributed by atoms with Gasteiger partial charge in [0.15, 0.2) is 0 Å². The largest absolute Gasteiger partial charge is 0.480 e. The summed E-state index contributed by atoms with van der Waals surface area (Å²) in [4.78, 5) is 9.85. The van der Waals surface area contributed by atoms with Gasteiger partial charge in [0.05, 0.1) is 5.25 Å². The van der Waals surface area contributed by atoms with Gasteiger partial charge in [-0.2, -0.15) is 12.6 Å². The summed E-state index contributed by atoms with van der Waals surface area (Å²) in [6.07, 6.45) is 0.582. The molecule has 90 valence electrons. The minimum absolute atomic E-state index is 0.486. The Labute approximate surface area is 107 Å². The zero-order valence-electron chi connectivity index (χ0n) is 9.71. The molecule has 0 bridgehead atoms. The van der Waals surface area contributed by atoms with Crippen molar-refractivity contribution in [3.63, 3.8) is 0 Å². The van der Waals surface area contributed by atoms with E-state index >= 15 is 0 Å². The van der Waals surface area contributed by atoms with E-state index in [4.69, 9.17) is 5.11 Å². The molecule has 17 heavy (non-hydrogen) atoms. The summed E-state index contributed by atoms with van der Waals surface area (Å²) in [5.74, 6) is -0.842. The van der Waals surface area contributed by atoms with E-state index < -0.39 is 11.2 Å². The Bertz CT molecular complexity index is 417. The zero-order valence-corrected chi connectivity index (χ0v) is 10.6. The van der Waals surface area contributed by atoms with E-state index in [0.717, 1.165) is 0 Å². The van der Waals surface area contributed by atoms with Crippen LogP contribution in [0.2, 0.25) is 0 Å². The van der Waals surface area contributed by atoms with Gasteiger partial charge in [0, 0.05) is 0 Å². The van der Waals surface area contributed by atoms with Crippen LogP contribution in [-0.4, -0.2) is 16.3 Å². The van der Waals surface area contributed by atoms with Gasteiger partial charge < -0.3 is 5.11 Å². The molecule has 3 heteroatoms. The van der Waals surface area contributed by atoms with Crippen LogP contribution in [0.5, 0.6) is 0 Å². The van der Waals surface area contributed by atoms with Crippen molar-refractivity contribution in [2.24, 2.45) is 0 Å². The van der Waals surface area contributed by atoms with Crippen molar-refractivity contribution >= 4 is 29.4 Å². The number of carboxylic acid groups (broad SMARTS) is 1. The predicted octanol–water partition coefficient (Wildman–Crippen LogP) is 3.62. The lowest BCUT2D eigenvalue weighted by Gasteiger charge is -1.95. The fourth-order valence-corrected chi connectivity index (χ4v) is 1.31. The number of benzene rings is 2. The standard InChI is InChI=1S/C10H8.C4H8O2S/c1-2-6-10-8-4-3-7-9(10)5-1;1-2-3(7)4(5)6/h1-8H;3,7H,2H2,1H3,(H,5,6). The smallest absolute Gasteiger partial charge is 0.316 e. The van der Waals surface area contributed by atoms with Crippen molar-refractivity contribution in [2.75, 3.05) is 0 Å². The average Bonchev–Trinajstić information content (AvgIpc) is 2.38. The zero-order chi connectivity index (χ0) is 12.7. The molecule has 1 atom stereocenters. The number of rotatable bonds is 2. The predicted molar refractivity (Wildman–Crippen MR) is 74.6 cm³/mol. The maximum atomic E-state index is 9.85. The van der Waals surface area contributed by atoms with E-state index in [-0.39, 0.29) is 0 Å². The first-order valence-corrected chi connectivity index (χ1v) is 6.01. The van der Waals surface area contributed by atoms with Crippen LogP contribution in [0.3, 0.4) is 0 Å². The number of carbonyl (C=O) groups is 1. The Balaban J connectivity index is 0.000000185. The first kappa shape index (κ1) is 13.6. The quantitative estimate of drug-likeness (QED) is 0.796. The molecule has 0 spiro atoms. The van der Waals surface area contributed by atoms with Gasteiger partial charge in [0.2, 0.25) is 0 Å². The minimum Gasteiger partial charge on any atom is -0.480 e. The van der Waals surface area contributed by atoms with Crippen LogP contribution < -0.4 is 0 Å². The van der Waals surface area contributed by atoms with Crippen LogP contribution in [-0.2, 0) is 4.79 Å². The lowest BCUT2D eigenvalue weighted by Crippen LogP contribution is -2.10. The molecule has 1 N–H and O–H groups in total. The first-order valence-electron chi connectivity index (χ1n) is 5.49. The highest BCUT2D eigenvalue weighted by atomic mass is 32.1. The second-order valence-electron chi connectivity index (χ2n) is 3.61. The molecule has 0 amide bonds. The van der Waals surface area contributed by atoms with Gasteiger partial charge in [-0.1, -0.05) is 55.5 Å². The SMILES string of the molecule is CCC(S)C(=O)O.c1ccc2ccccc2c1. The van der Waals surface area contributed by atoms with Crippen molar-refractivity contribution in [3.05, 3.63) is 48.5 Å². The van der Waals surface area contributed by atoms with Gasteiger partial charge in [-0.15, -0.1) is 0 Å². The van der Waals surface area contributed by atoms with Gasteiger partial charge in [-0.25, -0.2) is 0 Å². The Kier molecular flexibility index (Phi) is 5.57. The first-order chi connectivity index (χ1) is 8.15. The minimum atomic E-state index is -0.842. The van der Waals surface area contributed by atoms with E-state index in [1.807, 2.05) is 0 Å². The molecule has 2 nitrogen and oxygen atoms in total. The van der Waals surface area contributed by atoms with Crippen molar-refractivity contribution in [3.8, 4) is 0 Å². The van der Waals surface area contributed by atoms with Gasteiger partial charge in [-0.05, 0) is 17.2 Å². The summed E-state index contributed by atoms with van der Waals surface area (Å²) in [7, 11) is 0. The summed E-state index contributed by atoms with van der Waals surface area (Å²) in [5.41, 5.74) is 0. The maximum absolute atomic E-state index is 9.85. The van der Waals surface area contributed by atoms with Gasteiger partial charge in [-0.3, -0.25) is 4.79 Å². The van der Waals surface area contributed by atoms with Crippen LogP contribution in [0.15, 0.2) is 48.5 Å². The van der Waals surface area contributed by atoms with Gasteiger partial charge in [0.25, 0.3) is 0 Å². The summed E-state index contributed by atoms with van der Waals surface area (Å²) < 4.78 is 0. The third kappa shape index (κ3) is 4.49. The van der Waals surface area contributed by atoms with Crippen LogP contribution in [0.25, 0.3) is 10.8 Å². The molecular formula is C14H16O2S. The van der Waals surface area contributed by atoms with Crippen LogP contribution in [0.1, 0.15) is 13.3 Å². The molecular weight excluding hydrogens is 232 g/mol. The molecule has 0 aliphatic rings.